The Balaban J connectivity index is 2.99. The molecular formula is C14H14Br4O4. The smallest absolute Gasteiger partial charge is 0.320 e. The van der Waals surface area contributed by atoms with Crippen LogP contribution in [0.25, 0.3) is 0 Å². The number of methoxy groups -OCH3 is 2. The van der Waals surface area contributed by atoms with Crippen molar-refractivity contribution in [2.24, 2.45) is 0 Å². The van der Waals surface area contributed by atoms with Gasteiger partial charge in [0.2, 0.25) is 0 Å². The molecule has 0 saturated carbocycles. The third-order valence-electron chi connectivity index (χ3n) is 2.91. The van der Waals surface area contributed by atoms with Gasteiger partial charge in [0.1, 0.15) is 9.65 Å². The molecule has 0 N–H and O–H groups in total. The predicted molar refractivity (Wildman–Crippen MR) is 99.2 cm³/mol. The van der Waals surface area contributed by atoms with E-state index in [-0.39, 0.29) is 21.6 Å². The third kappa shape index (κ3) is 5.04. The maximum atomic E-state index is 11.6. The SMILES string of the molecule is COC(=O)[C@H](Br)[C@H](Br)c1cccc([C@@H](Br)[C@@H](Br)C(=O)OC)c1. The molecular weight excluding hydrogens is 552 g/mol. The second-order valence-corrected chi connectivity index (χ2v) is 8.27. The van der Waals surface area contributed by atoms with Gasteiger partial charge < -0.3 is 9.47 Å². The van der Waals surface area contributed by atoms with Crippen molar-refractivity contribution in [1.82, 2.24) is 0 Å². The van der Waals surface area contributed by atoms with Crippen molar-refractivity contribution in [3.05, 3.63) is 35.4 Å². The van der Waals surface area contributed by atoms with E-state index in [1.54, 1.807) is 0 Å². The lowest BCUT2D eigenvalue weighted by molar-refractivity contribution is -0.140. The van der Waals surface area contributed by atoms with Crippen LogP contribution in [0.4, 0.5) is 0 Å². The number of halogens is 4. The molecule has 0 heterocycles. The van der Waals surface area contributed by atoms with E-state index in [0.29, 0.717) is 0 Å². The van der Waals surface area contributed by atoms with Gasteiger partial charge in [0, 0.05) is 0 Å². The van der Waals surface area contributed by atoms with Crippen LogP contribution in [0.15, 0.2) is 24.3 Å². The first kappa shape index (κ1) is 20.1. The minimum atomic E-state index is -0.512. The van der Waals surface area contributed by atoms with Crippen molar-refractivity contribution in [1.29, 1.82) is 0 Å². The summed E-state index contributed by atoms with van der Waals surface area (Å²) in [5.74, 6) is -0.730. The average molecular weight is 566 g/mol. The van der Waals surface area contributed by atoms with Crippen LogP contribution in [0, 0.1) is 0 Å². The summed E-state index contributed by atoms with van der Waals surface area (Å²) >= 11 is 13.6. The summed E-state index contributed by atoms with van der Waals surface area (Å²) < 4.78 is 9.45. The van der Waals surface area contributed by atoms with Crippen LogP contribution in [-0.4, -0.2) is 35.8 Å². The highest BCUT2D eigenvalue weighted by molar-refractivity contribution is 9.12. The molecule has 1 aromatic rings. The normalized spacial score (nSPS) is 16.3. The number of carbonyl (C=O) groups is 2. The Morgan fingerprint density at radius 1 is 0.864 bits per heavy atom. The molecule has 0 amide bonds. The van der Waals surface area contributed by atoms with Gasteiger partial charge >= 0.3 is 11.9 Å². The first-order valence-corrected chi connectivity index (χ1v) is 9.81. The zero-order valence-corrected chi connectivity index (χ0v) is 18.1. The topological polar surface area (TPSA) is 52.6 Å². The van der Waals surface area contributed by atoms with E-state index in [1.807, 2.05) is 24.3 Å². The molecule has 0 radical (unpaired) electrons. The maximum absolute atomic E-state index is 11.6. The molecule has 1 aromatic carbocycles. The Morgan fingerprint density at radius 3 is 1.55 bits per heavy atom. The Kier molecular flexibility index (Phi) is 8.59. The number of ether oxygens (including phenoxy) is 2. The molecule has 1 rings (SSSR count). The molecule has 0 saturated heterocycles. The molecule has 0 aromatic heterocycles. The van der Waals surface area contributed by atoms with Crippen LogP contribution >= 0.6 is 63.7 Å². The number of hydrogen-bond acceptors (Lipinski definition) is 4. The minimum absolute atomic E-state index is 0.258. The number of rotatable bonds is 6. The van der Waals surface area contributed by atoms with Gasteiger partial charge in [0.25, 0.3) is 0 Å². The summed E-state index contributed by atoms with van der Waals surface area (Å²) in [5.41, 5.74) is 1.78. The van der Waals surface area contributed by atoms with E-state index >= 15 is 0 Å². The van der Waals surface area contributed by atoms with Crippen molar-refractivity contribution < 1.29 is 19.1 Å². The standard InChI is InChI=1S/C14H14Br4O4/c1-21-13(19)11(17)9(15)7-4-3-5-8(6-7)10(16)12(18)14(20)22-2/h3-6,9-12H,1-2H3/t9-,10-,11-,12-/m1/s1. The fraction of sp³-hybridized carbons (Fsp3) is 0.429. The van der Waals surface area contributed by atoms with Gasteiger partial charge in [-0.05, 0) is 11.1 Å². The Morgan fingerprint density at radius 2 is 1.23 bits per heavy atom. The third-order valence-corrected chi connectivity index (χ3v) is 8.25. The lowest BCUT2D eigenvalue weighted by atomic mass is 10.0. The van der Waals surface area contributed by atoms with Crippen molar-refractivity contribution in [3.63, 3.8) is 0 Å². The molecule has 22 heavy (non-hydrogen) atoms. The molecule has 122 valence electrons. The lowest BCUT2D eigenvalue weighted by Gasteiger charge is -2.19. The summed E-state index contributed by atoms with van der Waals surface area (Å²) in [7, 11) is 2.68. The minimum Gasteiger partial charge on any atom is -0.468 e. The van der Waals surface area contributed by atoms with E-state index in [4.69, 9.17) is 9.47 Å². The highest BCUT2D eigenvalue weighted by Gasteiger charge is 2.29. The summed E-state index contributed by atoms with van der Waals surface area (Å²) in [6, 6.07) is 7.55. The van der Waals surface area contributed by atoms with Crippen LogP contribution in [0.5, 0.6) is 0 Å². The molecule has 4 atom stereocenters. The molecule has 0 aliphatic rings. The number of hydrogen-bond donors (Lipinski definition) is 0. The van der Waals surface area contributed by atoms with Gasteiger partial charge in [-0.1, -0.05) is 88.0 Å². The van der Waals surface area contributed by atoms with Gasteiger partial charge in [0.15, 0.2) is 0 Å². The fourth-order valence-electron chi connectivity index (χ4n) is 1.70. The molecule has 0 aliphatic heterocycles. The van der Waals surface area contributed by atoms with Gasteiger partial charge in [-0.3, -0.25) is 9.59 Å². The Hall–Kier alpha value is 0.0800. The highest BCUT2D eigenvalue weighted by atomic mass is 79.9. The predicted octanol–water partition coefficient (Wildman–Crippen LogP) is 4.43. The second kappa shape index (κ2) is 9.39. The van der Waals surface area contributed by atoms with Gasteiger partial charge in [-0.15, -0.1) is 0 Å². The van der Waals surface area contributed by atoms with Crippen molar-refractivity contribution in [2.45, 2.75) is 19.3 Å². The monoisotopic (exact) mass is 562 g/mol. The van der Waals surface area contributed by atoms with Crippen molar-refractivity contribution in [2.75, 3.05) is 14.2 Å². The summed E-state index contributed by atoms with van der Waals surface area (Å²) in [6.45, 7) is 0. The molecule has 0 aliphatic carbocycles. The first-order chi connectivity index (χ1) is 10.3. The summed E-state index contributed by atoms with van der Waals surface area (Å²) in [5, 5.41) is 0. The first-order valence-electron chi connectivity index (χ1n) is 6.15. The van der Waals surface area contributed by atoms with E-state index in [1.165, 1.54) is 14.2 Å². The van der Waals surface area contributed by atoms with Gasteiger partial charge in [-0.2, -0.15) is 0 Å². The Labute approximate surface area is 162 Å². The maximum Gasteiger partial charge on any atom is 0.320 e. The van der Waals surface area contributed by atoms with Crippen molar-refractivity contribution >= 4 is 75.7 Å². The number of benzene rings is 1. The molecule has 4 nitrogen and oxygen atoms in total. The number of esters is 2. The molecule has 0 fully saturated rings. The summed E-state index contributed by atoms with van der Waals surface area (Å²) in [6.07, 6.45) is 0. The van der Waals surface area contributed by atoms with Crippen LogP contribution < -0.4 is 0 Å². The fourth-order valence-corrected chi connectivity index (χ4v) is 3.69. The van der Waals surface area contributed by atoms with Crippen molar-refractivity contribution in [3.8, 4) is 0 Å². The van der Waals surface area contributed by atoms with E-state index in [9.17, 15) is 9.59 Å². The van der Waals surface area contributed by atoms with Crippen LogP contribution in [-0.2, 0) is 19.1 Å². The lowest BCUT2D eigenvalue weighted by Crippen LogP contribution is -2.21. The van der Waals surface area contributed by atoms with E-state index < -0.39 is 9.65 Å². The average Bonchev–Trinajstić information content (AvgIpc) is 2.57. The van der Waals surface area contributed by atoms with Crippen LogP contribution in [0.3, 0.4) is 0 Å². The second-order valence-electron chi connectivity index (χ2n) is 4.32. The quantitative estimate of drug-likeness (QED) is 0.378. The van der Waals surface area contributed by atoms with Gasteiger partial charge in [-0.25, -0.2) is 0 Å². The van der Waals surface area contributed by atoms with Crippen LogP contribution in [0.2, 0.25) is 0 Å². The van der Waals surface area contributed by atoms with Gasteiger partial charge in [0.05, 0.1) is 23.9 Å². The van der Waals surface area contributed by atoms with E-state index in [2.05, 4.69) is 63.7 Å². The number of alkyl halides is 4. The number of carbonyl (C=O) groups excluding carboxylic acids is 2. The molecule has 0 spiro atoms. The largest absolute Gasteiger partial charge is 0.468 e. The van der Waals surface area contributed by atoms with E-state index in [0.717, 1.165) is 11.1 Å². The zero-order chi connectivity index (χ0) is 16.9. The molecule has 0 bridgehead atoms. The Bertz CT molecular complexity index is 494. The molecule has 8 heteroatoms. The molecule has 0 unspecified atom stereocenters. The highest BCUT2D eigenvalue weighted by Crippen LogP contribution is 2.36. The zero-order valence-electron chi connectivity index (χ0n) is 11.8. The van der Waals surface area contributed by atoms with Crippen LogP contribution in [0.1, 0.15) is 20.8 Å². The summed E-state index contributed by atoms with van der Waals surface area (Å²) in [4.78, 5) is 21.7.